The molecule has 0 aliphatic heterocycles. The van der Waals surface area contributed by atoms with Crippen LogP contribution in [0.4, 0.5) is 0 Å². The molecule has 1 heterocycles. The Morgan fingerprint density at radius 3 is 3.06 bits per heavy atom. The molecule has 0 fully saturated rings. The first-order chi connectivity index (χ1) is 7.65. The van der Waals surface area contributed by atoms with E-state index in [2.05, 4.69) is 10.1 Å². The zero-order valence-corrected chi connectivity index (χ0v) is 9.53. The number of nitrogens with one attached hydrogen (secondary N) is 1. The van der Waals surface area contributed by atoms with Gasteiger partial charge in [0.1, 0.15) is 0 Å². The highest BCUT2D eigenvalue weighted by atomic mass is 16.5. The Morgan fingerprint density at radius 1 is 1.69 bits per heavy atom. The number of methoxy groups -OCH3 is 1. The fourth-order valence-electron chi connectivity index (χ4n) is 1.28. The summed E-state index contributed by atoms with van der Waals surface area (Å²) in [5, 5.41) is 12.2. The zero-order chi connectivity index (χ0) is 12.0. The van der Waals surface area contributed by atoms with Crippen LogP contribution in [0.15, 0.2) is 16.7 Å². The summed E-state index contributed by atoms with van der Waals surface area (Å²) in [6.45, 7) is 2.94. The molecule has 1 unspecified atom stereocenters. The van der Waals surface area contributed by atoms with E-state index in [1.807, 2.05) is 0 Å². The van der Waals surface area contributed by atoms with Crippen LogP contribution < -0.4 is 5.32 Å². The van der Waals surface area contributed by atoms with Crippen molar-refractivity contribution in [1.29, 1.82) is 0 Å². The maximum Gasteiger partial charge on any atom is 0.374 e. The van der Waals surface area contributed by atoms with Gasteiger partial charge in [0.15, 0.2) is 0 Å². The van der Waals surface area contributed by atoms with Gasteiger partial charge in [-0.3, -0.25) is 0 Å². The number of aliphatic hydroxyl groups excluding tert-OH is 1. The lowest BCUT2D eigenvalue weighted by molar-refractivity contribution is 0.0563. The quantitative estimate of drug-likeness (QED) is 0.558. The second-order valence-corrected chi connectivity index (χ2v) is 3.58. The number of ether oxygens (including phenoxy) is 1. The monoisotopic (exact) mass is 227 g/mol. The van der Waals surface area contributed by atoms with Crippen LogP contribution in [0.25, 0.3) is 0 Å². The molecule has 0 spiro atoms. The predicted octanol–water partition coefficient (Wildman–Crippen LogP) is 0.927. The van der Waals surface area contributed by atoms with E-state index in [0.29, 0.717) is 19.5 Å². The molecule has 0 aliphatic carbocycles. The zero-order valence-electron chi connectivity index (χ0n) is 9.53. The normalized spacial score (nSPS) is 12.4. The van der Waals surface area contributed by atoms with Crippen LogP contribution in [-0.4, -0.2) is 30.8 Å². The first kappa shape index (κ1) is 12.7. The van der Waals surface area contributed by atoms with Gasteiger partial charge < -0.3 is 19.6 Å². The number of hydrogen-bond donors (Lipinski definition) is 2. The second kappa shape index (κ2) is 6.30. The molecule has 0 radical (unpaired) electrons. The third-order valence-corrected chi connectivity index (χ3v) is 2.17. The van der Waals surface area contributed by atoms with E-state index < -0.39 is 5.97 Å². The van der Waals surface area contributed by atoms with E-state index in [0.717, 1.165) is 5.56 Å². The molecule has 16 heavy (non-hydrogen) atoms. The number of furan rings is 1. The molecular weight excluding hydrogens is 210 g/mol. The summed E-state index contributed by atoms with van der Waals surface area (Å²) in [4.78, 5) is 11.3. The number of carbonyl (C=O) groups is 1. The van der Waals surface area contributed by atoms with Gasteiger partial charge >= 0.3 is 5.97 Å². The average Bonchev–Trinajstić information content (AvgIpc) is 2.71. The Bertz CT molecular complexity index is 332. The van der Waals surface area contributed by atoms with Crippen LogP contribution in [0.2, 0.25) is 0 Å². The van der Waals surface area contributed by atoms with Crippen LogP contribution in [0.5, 0.6) is 0 Å². The number of rotatable bonds is 6. The maximum absolute atomic E-state index is 11.3. The molecule has 0 saturated carbocycles. The first-order valence-electron chi connectivity index (χ1n) is 5.18. The number of aliphatic hydroxyl groups is 1. The van der Waals surface area contributed by atoms with E-state index in [-0.39, 0.29) is 11.9 Å². The second-order valence-electron chi connectivity index (χ2n) is 3.58. The van der Waals surface area contributed by atoms with Crippen molar-refractivity contribution >= 4 is 5.97 Å². The van der Waals surface area contributed by atoms with Crippen molar-refractivity contribution in [2.75, 3.05) is 13.7 Å². The number of carbonyl (C=O) groups excluding carboxylic acids is 1. The van der Waals surface area contributed by atoms with Gasteiger partial charge in [-0.2, -0.15) is 0 Å². The Balaban J connectivity index is 2.42. The van der Waals surface area contributed by atoms with Gasteiger partial charge in [0.25, 0.3) is 0 Å². The highest BCUT2D eigenvalue weighted by Gasteiger charge is 2.14. The summed E-state index contributed by atoms with van der Waals surface area (Å²) in [5.74, 6) is -0.246. The van der Waals surface area contributed by atoms with Crippen LogP contribution in [-0.2, 0) is 11.3 Å². The summed E-state index contributed by atoms with van der Waals surface area (Å²) in [5.41, 5.74) is 0.762. The van der Waals surface area contributed by atoms with E-state index in [1.165, 1.54) is 13.4 Å². The standard InChI is InChI=1S/C11H17NO4/c1-8(13)3-5-12-7-9-4-6-16-10(9)11(14)15-2/h4,6,8,12-13H,3,5,7H2,1-2H3. The van der Waals surface area contributed by atoms with Crippen molar-refractivity contribution in [2.24, 2.45) is 0 Å². The van der Waals surface area contributed by atoms with Crippen molar-refractivity contribution in [2.45, 2.75) is 26.0 Å². The molecule has 0 aliphatic rings. The summed E-state index contributed by atoms with van der Waals surface area (Å²) in [6, 6.07) is 1.72. The Labute approximate surface area is 94.4 Å². The molecule has 0 bridgehead atoms. The van der Waals surface area contributed by atoms with Gasteiger partial charge in [0.2, 0.25) is 5.76 Å². The molecule has 2 N–H and O–H groups in total. The Hall–Kier alpha value is -1.33. The van der Waals surface area contributed by atoms with Crippen molar-refractivity contribution < 1.29 is 19.1 Å². The first-order valence-corrected chi connectivity index (χ1v) is 5.18. The van der Waals surface area contributed by atoms with Crippen molar-refractivity contribution in [3.63, 3.8) is 0 Å². The highest BCUT2D eigenvalue weighted by Crippen LogP contribution is 2.11. The van der Waals surface area contributed by atoms with Gasteiger partial charge in [-0.15, -0.1) is 0 Å². The molecule has 90 valence electrons. The van der Waals surface area contributed by atoms with Crippen molar-refractivity contribution in [3.8, 4) is 0 Å². The lowest BCUT2D eigenvalue weighted by Gasteiger charge is -2.06. The fourth-order valence-corrected chi connectivity index (χ4v) is 1.28. The Morgan fingerprint density at radius 2 is 2.44 bits per heavy atom. The van der Waals surface area contributed by atoms with Crippen LogP contribution in [0.1, 0.15) is 29.5 Å². The molecule has 0 aromatic carbocycles. The van der Waals surface area contributed by atoms with E-state index in [1.54, 1.807) is 13.0 Å². The molecule has 5 nitrogen and oxygen atoms in total. The van der Waals surface area contributed by atoms with Gasteiger partial charge in [0, 0.05) is 12.1 Å². The maximum atomic E-state index is 11.3. The lowest BCUT2D eigenvalue weighted by Crippen LogP contribution is -2.19. The molecule has 1 rings (SSSR count). The third-order valence-electron chi connectivity index (χ3n) is 2.17. The van der Waals surface area contributed by atoms with Crippen LogP contribution in [0.3, 0.4) is 0 Å². The minimum atomic E-state index is -0.475. The third kappa shape index (κ3) is 3.67. The fraction of sp³-hybridized carbons (Fsp3) is 0.545. The Kier molecular flexibility index (Phi) is 5.01. The van der Waals surface area contributed by atoms with Gasteiger partial charge in [-0.25, -0.2) is 4.79 Å². The van der Waals surface area contributed by atoms with Crippen molar-refractivity contribution in [3.05, 3.63) is 23.7 Å². The van der Waals surface area contributed by atoms with Crippen LogP contribution in [0, 0.1) is 0 Å². The van der Waals surface area contributed by atoms with E-state index in [4.69, 9.17) is 9.52 Å². The van der Waals surface area contributed by atoms with Gasteiger partial charge in [-0.05, 0) is 26.0 Å². The lowest BCUT2D eigenvalue weighted by atomic mass is 10.2. The minimum Gasteiger partial charge on any atom is -0.463 e. The molecular formula is C11H17NO4. The average molecular weight is 227 g/mol. The SMILES string of the molecule is COC(=O)c1occc1CNCCC(C)O. The molecule has 1 aromatic rings. The minimum absolute atomic E-state index is 0.229. The number of hydrogen-bond acceptors (Lipinski definition) is 5. The summed E-state index contributed by atoms with van der Waals surface area (Å²) < 4.78 is 9.61. The van der Waals surface area contributed by atoms with Crippen molar-refractivity contribution in [1.82, 2.24) is 5.32 Å². The number of esters is 1. The predicted molar refractivity (Wildman–Crippen MR) is 58.1 cm³/mol. The van der Waals surface area contributed by atoms with Gasteiger partial charge in [-0.1, -0.05) is 0 Å². The molecule has 5 heteroatoms. The summed E-state index contributed by atoms with van der Waals surface area (Å²) in [7, 11) is 1.31. The molecule has 0 saturated heterocycles. The van der Waals surface area contributed by atoms with E-state index >= 15 is 0 Å². The molecule has 1 aromatic heterocycles. The molecule has 0 amide bonds. The smallest absolute Gasteiger partial charge is 0.374 e. The van der Waals surface area contributed by atoms with Crippen LogP contribution >= 0.6 is 0 Å². The van der Waals surface area contributed by atoms with E-state index in [9.17, 15) is 4.79 Å². The largest absolute Gasteiger partial charge is 0.463 e. The van der Waals surface area contributed by atoms with Gasteiger partial charge in [0.05, 0.1) is 19.5 Å². The summed E-state index contributed by atoms with van der Waals surface area (Å²) >= 11 is 0. The highest BCUT2D eigenvalue weighted by molar-refractivity contribution is 5.87. The summed E-state index contributed by atoms with van der Waals surface area (Å²) in [6.07, 6.45) is 1.81. The topological polar surface area (TPSA) is 71.7 Å². The molecule has 1 atom stereocenters.